The average Bonchev–Trinajstić information content (AvgIpc) is 1.57. The van der Waals surface area contributed by atoms with Crippen molar-refractivity contribution in [3.63, 3.8) is 0 Å². The van der Waals surface area contributed by atoms with Crippen molar-refractivity contribution in [1.82, 2.24) is 0 Å². The summed E-state index contributed by atoms with van der Waals surface area (Å²) in [5.41, 5.74) is -3.61. The molecule has 10 bridgehead atoms. The Morgan fingerprint density at radius 3 is 1.57 bits per heavy atom. The van der Waals surface area contributed by atoms with E-state index < -0.39 is 38.3 Å². The van der Waals surface area contributed by atoms with E-state index in [2.05, 4.69) is 6.92 Å². The fourth-order valence-corrected chi connectivity index (χ4v) is 17.4. The van der Waals surface area contributed by atoms with Crippen LogP contribution in [0.3, 0.4) is 0 Å². The van der Waals surface area contributed by atoms with Gasteiger partial charge >= 0.3 is 59.7 Å². The summed E-state index contributed by atoms with van der Waals surface area (Å²) in [7, 11) is 0. The smallest absolute Gasteiger partial charge is 0.312 e. The molecule has 5 saturated heterocycles. The second kappa shape index (κ2) is 24.4. The van der Waals surface area contributed by atoms with Gasteiger partial charge in [0.25, 0.3) is 0 Å². The Balaban J connectivity index is 0.000000126. The lowest BCUT2D eigenvalue weighted by molar-refractivity contribution is -0.188. The number of hydrogen-bond acceptors (Lipinski definition) is 20. The van der Waals surface area contributed by atoms with E-state index in [1.807, 2.05) is 118 Å². The summed E-state index contributed by atoms with van der Waals surface area (Å²) in [6, 6.07) is 0. The van der Waals surface area contributed by atoms with Gasteiger partial charge in [0.2, 0.25) is 0 Å². The van der Waals surface area contributed by atoms with E-state index in [0.717, 1.165) is 96.3 Å². The largest absolute Gasteiger partial charge is 0.458 e. The van der Waals surface area contributed by atoms with Gasteiger partial charge in [-0.3, -0.25) is 47.9 Å². The molecule has 9 saturated carbocycles. The fraction of sp³-hybridized carbons (Fsp3) is 0.861. The topological polar surface area (TPSA) is 263 Å². The number of ether oxygens (including phenoxy) is 10. The number of carbonyl (C=O) groups excluding carboxylic acids is 10. The molecule has 5 aliphatic heterocycles. The fourth-order valence-electron chi connectivity index (χ4n) is 17.4. The van der Waals surface area contributed by atoms with Gasteiger partial charge in [-0.15, -0.1) is 0 Å². The third-order valence-corrected chi connectivity index (χ3v) is 26.0. The molecule has 0 aromatic carbocycles. The van der Waals surface area contributed by atoms with Gasteiger partial charge in [-0.2, -0.15) is 0 Å². The quantitative estimate of drug-likeness (QED) is 0.109. The van der Waals surface area contributed by atoms with Crippen LogP contribution in [-0.4, -0.2) is 120 Å². The van der Waals surface area contributed by atoms with Gasteiger partial charge in [0.05, 0.1) is 56.7 Å². The lowest BCUT2D eigenvalue weighted by Crippen LogP contribution is -2.49. The van der Waals surface area contributed by atoms with E-state index in [9.17, 15) is 47.9 Å². The zero-order valence-electron chi connectivity index (χ0n) is 58.0. The molecule has 5 heterocycles. The summed E-state index contributed by atoms with van der Waals surface area (Å²) in [5.74, 6) is 0.868. The zero-order chi connectivity index (χ0) is 67.7. The van der Waals surface area contributed by atoms with Crippen LogP contribution >= 0.6 is 0 Å². The molecule has 14 aliphatic rings. The van der Waals surface area contributed by atoms with Crippen molar-refractivity contribution < 1.29 is 95.3 Å². The first kappa shape index (κ1) is 69.5. The summed E-state index contributed by atoms with van der Waals surface area (Å²) in [4.78, 5) is 119. The Kier molecular flexibility index (Phi) is 18.4. The van der Waals surface area contributed by atoms with E-state index in [4.69, 9.17) is 47.4 Å². The maximum absolute atomic E-state index is 12.3. The van der Waals surface area contributed by atoms with Gasteiger partial charge in [0.1, 0.15) is 60.0 Å². The number of rotatable bonds is 15. The highest BCUT2D eigenvalue weighted by molar-refractivity contribution is 5.82. The predicted molar refractivity (Wildman–Crippen MR) is 329 cm³/mol. The van der Waals surface area contributed by atoms with Crippen LogP contribution in [0, 0.1) is 104 Å². The molecule has 0 aromatic rings. The normalized spacial score (nSPS) is 40.9. The van der Waals surface area contributed by atoms with Crippen LogP contribution in [0.5, 0.6) is 0 Å². The van der Waals surface area contributed by atoms with Gasteiger partial charge in [-0.05, 0) is 179 Å². The van der Waals surface area contributed by atoms with Crippen LogP contribution in [0.25, 0.3) is 0 Å². The molecule has 0 aromatic heterocycles. The molecule has 0 radical (unpaired) electrons. The van der Waals surface area contributed by atoms with Crippen LogP contribution < -0.4 is 0 Å². The molecular weight excluding hydrogens is 1180 g/mol. The van der Waals surface area contributed by atoms with Gasteiger partial charge in [0, 0.05) is 53.3 Å². The molecule has 23 unspecified atom stereocenters. The highest BCUT2D eigenvalue weighted by Crippen LogP contribution is 2.64. The molecular formula is C72H106O20. The van der Waals surface area contributed by atoms with Crippen LogP contribution in [0.15, 0.2) is 0 Å². The van der Waals surface area contributed by atoms with Gasteiger partial charge in [0.15, 0.2) is 0 Å². The molecule has 92 heavy (non-hydrogen) atoms. The summed E-state index contributed by atoms with van der Waals surface area (Å²) >= 11 is 0. The zero-order valence-corrected chi connectivity index (χ0v) is 58.0. The van der Waals surface area contributed by atoms with Crippen LogP contribution in [-0.2, 0) is 95.3 Å². The van der Waals surface area contributed by atoms with Crippen molar-refractivity contribution in [2.45, 2.75) is 287 Å². The number of esters is 10. The van der Waals surface area contributed by atoms with Gasteiger partial charge in [-0.25, -0.2) is 0 Å². The summed E-state index contributed by atoms with van der Waals surface area (Å²) in [6.07, 6.45) is 11.3. The molecule has 23 atom stereocenters. The van der Waals surface area contributed by atoms with Crippen LogP contribution in [0.4, 0.5) is 0 Å². The minimum absolute atomic E-state index is 0.0362. The first-order valence-electron chi connectivity index (χ1n) is 34.9. The van der Waals surface area contributed by atoms with Crippen LogP contribution in [0.1, 0.15) is 227 Å². The Morgan fingerprint density at radius 1 is 0.457 bits per heavy atom. The number of carbonyl (C=O) groups is 10. The van der Waals surface area contributed by atoms with Crippen molar-refractivity contribution in [3.05, 3.63) is 0 Å². The second-order valence-corrected chi connectivity index (χ2v) is 33.7. The lowest BCUT2D eigenvalue weighted by atomic mass is 9.79. The van der Waals surface area contributed by atoms with Crippen molar-refractivity contribution >= 4 is 59.7 Å². The summed E-state index contributed by atoms with van der Waals surface area (Å²) in [6.45, 7) is 34.8. The van der Waals surface area contributed by atoms with E-state index in [0.29, 0.717) is 24.2 Å². The minimum Gasteiger partial charge on any atom is -0.458 e. The van der Waals surface area contributed by atoms with Gasteiger partial charge in [-0.1, -0.05) is 41.5 Å². The lowest BCUT2D eigenvalue weighted by Gasteiger charge is -2.38. The number of hydrogen-bond donors (Lipinski definition) is 0. The third-order valence-electron chi connectivity index (χ3n) is 26.0. The molecule has 20 nitrogen and oxygen atoms in total. The van der Waals surface area contributed by atoms with Gasteiger partial charge < -0.3 is 47.4 Å². The molecule has 14 rings (SSSR count). The van der Waals surface area contributed by atoms with Crippen molar-refractivity contribution in [3.8, 4) is 0 Å². The average molecular weight is 1290 g/mol. The van der Waals surface area contributed by atoms with Crippen molar-refractivity contribution in [1.29, 1.82) is 0 Å². The Hall–Kier alpha value is -5.30. The van der Waals surface area contributed by atoms with Crippen molar-refractivity contribution in [2.24, 2.45) is 104 Å². The van der Waals surface area contributed by atoms with E-state index in [1.165, 1.54) is 0 Å². The molecule has 20 heteroatoms. The maximum atomic E-state index is 12.3. The Labute approximate surface area is 543 Å². The van der Waals surface area contributed by atoms with E-state index >= 15 is 0 Å². The molecule has 514 valence electrons. The minimum atomic E-state index is -0.614. The highest BCUT2D eigenvalue weighted by Gasteiger charge is 2.72. The van der Waals surface area contributed by atoms with Crippen molar-refractivity contribution in [2.75, 3.05) is 0 Å². The molecule has 0 amide bonds. The standard InChI is InChI=1S/3C15H22O4.C14H20O4.C13H20O4/c1-5-14(2,3)13(17)19-11-10-8-6-15(11,4)7-9(8)12(16)18-10;1-5-14(2,3)13(17)19-15(4)8-6-9-10(7-8)12(16)18-11(9)15;1-5-14(2,3)13(17)18-11-8-6-9-10(7-8)15(11,4)19-12(9)16;1-4-14(2,3)13(16)18-10-7-5-8-9(6-7)12(15)17-11(8)10;1-4-13(2,3)12(15)17-9-6-5-8-7-10(9)16-11(8)14/h3*8-11H,5-7H2,1-4H3;7-11H,4-6H2,1-3H3;8-10H,4-7H2,1-3H3. The molecule has 9 aliphatic carbocycles. The summed E-state index contributed by atoms with van der Waals surface area (Å²) < 4.78 is 55.7. The number of fused-ring (bicyclic) bond motifs is 6. The summed E-state index contributed by atoms with van der Waals surface area (Å²) in [5, 5.41) is 0. The highest BCUT2D eigenvalue weighted by atomic mass is 16.6. The molecule has 0 spiro atoms. The first-order valence-corrected chi connectivity index (χ1v) is 34.9. The second-order valence-electron chi connectivity index (χ2n) is 33.7. The Bertz CT molecular complexity index is 2930. The molecule has 0 N–H and O–H groups in total. The van der Waals surface area contributed by atoms with E-state index in [-0.39, 0.29) is 167 Å². The monoisotopic (exact) mass is 1290 g/mol. The molecule has 14 fully saturated rings. The SMILES string of the molecule is CCC(C)(C)C(=O)OC1(C)C2CC3C(=O)OC1C3C2.CCC(C)(C)C(=O)OC1C2CC3C(=O)OC1(C)C3C2.CCC(C)(C)C(=O)OC1C2CC3C(=O)OC1C3C2.CCC(C)(C)C(=O)OC1C2OC(=O)C3CC1(C)CC32.CCC(C)(C)C(=O)OC1CCC2CC1OC2=O. The van der Waals surface area contributed by atoms with Crippen LogP contribution in [0.2, 0.25) is 0 Å². The maximum Gasteiger partial charge on any atom is 0.312 e. The predicted octanol–water partition coefficient (Wildman–Crippen LogP) is 10.9. The van der Waals surface area contributed by atoms with E-state index in [1.54, 1.807) is 0 Å². The first-order chi connectivity index (χ1) is 42.7. The third kappa shape index (κ3) is 12.0. The Morgan fingerprint density at radius 2 is 0.967 bits per heavy atom.